The predicted molar refractivity (Wildman–Crippen MR) is 55.3 cm³/mol. The van der Waals surface area contributed by atoms with Crippen LogP contribution in [0.5, 0.6) is 0 Å². The topological polar surface area (TPSA) is 12.9 Å². The van der Waals surface area contributed by atoms with E-state index in [1.54, 1.807) is 6.20 Å². The summed E-state index contributed by atoms with van der Waals surface area (Å²) in [7, 11) is 0. The second-order valence-corrected chi connectivity index (χ2v) is 4.46. The maximum absolute atomic E-state index is 6.13. The summed E-state index contributed by atoms with van der Waals surface area (Å²) in [4.78, 5) is 4.16. The van der Waals surface area contributed by atoms with Gasteiger partial charge in [0, 0.05) is 12.4 Å². The Morgan fingerprint density at radius 3 is 2.62 bits per heavy atom. The Morgan fingerprint density at radius 2 is 2.08 bits per heavy atom. The Hall–Kier alpha value is -0.560. The van der Waals surface area contributed by atoms with Crippen LogP contribution in [0.25, 0.3) is 0 Å². The van der Waals surface area contributed by atoms with Crippen LogP contribution in [0.15, 0.2) is 12.4 Å². The molecule has 0 unspecified atom stereocenters. The molecular weight excluding hydrogens is 182 g/mol. The lowest BCUT2D eigenvalue weighted by atomic mass is 9.96. The first-order valence-electron chi connectivity index (χ1n) is 4.83. The summed E-state index contributed by atoms with van der Waals surface area (Å²) in [5.74, 6) is 1.25. The number of halogens is 1. The Kier molecular flexibility index (Phi) is 2.29. The molecule has 0 saturated heterocycles. The standard InChI is InChI=1S/C11H14ClN/c1-7(2)11-9(8-3-4-8)5-13-6-10(11)12/h5-8H,3-4H2,1-2H3. The number of rotatable bonds is 2. The smallest absolute Gasteiger partial charge is 0.0626 e. The lowest BCUT2D eigenvalue weighted by Gasteiger charge is -2.13. The fourth-order valence-corrected chi connectivity index (χ4v) is 2.17. The van der Waals surface area contributed by atoms with Gasteiger partial charge in [0.05, 0.1) is 5.02 Å². The van der Waals surface area contributed by atoms with Gasteiger partial charge in [0.15, 0.2) is 0 Å². The molecule has 0 radical (unpaired) electrons. The van der Waals surface area contributed by atoms with Crippen LogP contribution in [0.4, 0.5) is 0 Å². The summed E-state index contributed by atoms with van der Waals surface area (Å²) in [6.07, 6.45) is 6.35. The molecule has 1 aromatic rings. The van der Waals surface area contributed by atoms with E-state index in [-0.39, 0.29) is 0 Å². The van der Waals surface area contributed by atoms with Crippen LogP contribution in [0.1, 0.15) is 49.7 Å². The quantitative estimate of drug-likeness (QED) is 0.701. The number of pyridine rings is 1. The summed E-state index contributed by atoms with van der Waals surface area (Å²) >= 11 is 6.13. The zero-order valence-electron chi connectivity index (χ0n) is 8.05. The van der Waals surface area contributed by atoms with Crippen LogP contribution >= 0.6 is 11.6 Å². The van der Waals surface area contributed by atoms with Gasteiger partial charge >= 0.3 is 0 Å². The summed E-state index contributed by atoms with van der Waals surface area (Å²) in [6, 6.07) is 0. The van der Waals surface area contributed by atoms with Gasteiger partial charge in [-0.25, -0.2) is 0 Å². The van der Waals surface area contributed by atoms with Crippen molar-refractivity contribution in [2.24, 2.45) is 0 Å². The lowest BCUT2D eigenvalue weighted by molar-refractivity contribution is 0.836. The monoisotopic (exact) mass is 195 g/mol. The first kappa shape index (κ1) is 9.01. The molecule has 2 heteroatoms. The fourth-order valence-electron chi connectivity index (χ4n) is 1.79. The molecule has 1 nitrogen and oxygen atoms in total. The molecule has 0 aliphatic heterocycles. The number of aromatic nitrogens is 1. The fraction of sp³-hybridized carbons (Fsp3) is 0.545. The Bertz CT molecular complexity index is 316. The van der Waals surface area contributed by atoms with Gasteiger partial charge in [-0.2, -0.15) is 0 Å². The molecule has 1 fully saturated rings. The normalized spacial score (nSPS) is 16.6. The molecule has 1 aliphatic carbocycles. The second kappa shape index (κ2) is 3.30. The molecule has 1 heterocycles. The van der Waals surface area contributed by atoms with Crippen molar-refractivity contribution in [1.82, 2.24) is 4.98 Å². The van der Waals surface area contributed by atoms with E-state index in [9.17, 15) is 0 Å². The Labute approximate surface area is 84.1 Å². The van der Waals surface area contributed by atoms with E-state index in [0.29, 0.717) is 5.92 Å². The van der Waals surface area contributed by atoms with E-state index in [1.807, 2.05) is 6.20 Å². The van der Waals surface area contributed by atoms with Gasteiger partial charge in [0.1, 0.15) is 0 Å². The van der Waals surface area contributed by atoms with Crippen LogP contribution in [-0.4, -0.2) is 4.98 Å². The highest BCUT2D eigenvalue weighted by atomic mass is 35.5. The average molecular weight is 196 g/mol. The van der Waals surface area contributed by atoms with E-state index in [2.05, 4.69) is 18.8 Å². The molecule has 0 aromatic carbocycles. The molecule has 1 aliphatic rings. The molecule has 0 amide bonds. The van der Waals surface area contributed by atoms with E-state index in [4.69, 9.17) is 11.6 Å². The van der Waals surface area contributed by atoms with Crippen molar-refractivity contribution in [1.29, 1.82) is 0 Å². The highest BCUT2D eigenvalue weighted by Crippen LogP contribution is 2.44. The summed E-state index contributed by atoms with van der Waals surface area (Å²) in [5.41, 5.74) is 2.68. The predicted octanol–water partition coefficient (Wildman–Crippen LogP) is 3.74. The average Bonchev–Trinajstić information content (AvgIpc) is 2.85. The van der Waals surface area contributed by atoms with Crippen molar-refractivity contribution in [3.05, 3.63) is 28.5 Å². The third kappa shape index (κ3) is 1.71. The number of hydrogen-bond acceptors (Lipinski definition) is 1. The van der Waals surface area contributed by atoms with E-state index >= 15 is 0 Å². The van der Waals surface area contributed by atoms with Crippen molar-refractivity contribution < 1.29 is 0 Å². The third-order valence-electron chi connectivity index (χ3n) is 2.56. The largest absolute Gasteiger partial charge is 0.263 e. The van der Waals surface area contributed by atoms with Crippen molar-refractivity contribution in [3.8, 4) is 0 Å². The minimum absolute atomic E-state index is 0.506. The van der Waals surface area contributed by atoms with Crippen LogP contribution in [0.2, 0.25) is 5.02 Å². The van der Waals surface area contributed by atoms with Crippen molar-refractivity contribution in [2.75, 3.05) is 0 Å². The minimum Gasteiger partial charge on any atom is -0.263 e. The van der Waals surface area contributed by atoms with Crippen LogP contribution in [-0.2, 0) is 0 Å². The lowest BCUT2D eigenvalue weighted by Crippen LogP contribution is -1.97. The highest BCUT2D eigenvalue weighted by molar-refractivity contribution is 6.31. The minimum atomic E-state index is 0.506. The maximum atomic E-state index is 6.13. The van der Waals surface area contributed by atoms with Crippen molar-refractivity contribution >= 4 is 11.6 Å². The highest BCUT2D eigenvalue weighted by Gasteiger charge is 2.27. The molecule has 2 rings (SSSR count). The van der Waals surface area contributed by atoms with Gasteiger partial charge < -0.3 is 0 Å². The molecule has 0 atom stereocenters. The third-order valence-corrected chi connectivity index (χ3v) is 2.87. The van der Waals surface area contributed by atoms with E-state index in [0.717, 1.165) is 10.9 Å². The second-order valence-electron chi connectivity index (χ2n) is 4.05. The molecule has 13 heavy (non-hydrogen) atoms. The molecule has 1 aromatic heterocycles. The Morgan fingerprint density at radius 1 is 1.38 bits per heavy atom. The van der Waals surface area contributed by atoms with E-state index < -0.39 is 0 Å². The summed E-state index contributed by atoms with van der Waals surface area (Å²) in [5, 5.41) is 0.833. The molecule has 1 saturated carbocycles. The summed E-state index contributed by atoms with van der Waals surface area (Å²) in [6.45, 7) is 4.38. The number of hydrogen-bond donors (Lipinski definition) is 0. The van der Waals surface area contributed by atoms with E-state index in [1.165, 1.54) is 24.0 Å². The maximum Gasteiger partial charge on any atom is 0.0626 e. The zero-order valence-corrected chi connectivity index (χ0v) is 8.80. The molecule has 0 N–H and O–H groups in total. The molecule has 0 spiro atoms. The van der Waals surface area contributed by atoms with Gasteiger partial charge in [-0.15, -0.1) is 0 Å². The van der Waals surface area contributed by atoms with Crippen molar-refractivity contribution in [3.63, 3.8) is 0 Å². The van der Waals surface area contributed by atoms with Gasteiger partial charge in [-0.05, 0) is 35.8 Å². The molecule has 0 bridgehead atoms. The molecule has 70 valence electrons. The van der Waals surface area contributed by atoms with Gasteiger partial charge in [-0.3, -0.25) is 4.98 Å². The van der Waals surface area contributed by atoms with Crippen LogP contribution < -0.4 is 0 Å². The zero-order chi connectivity index (χ0) is 9.42. The van der Waals surface area contributed by atoms with Gasteiger partial charge in [0.25, 0.3) is 0 Å². The first-order valence-corrected chi connectivity index (χ1v) is 5.21. The Balaban J connectivity index is 2.47. The van der Waals surface area contributed by atoms with Gasteiger partial charge in [0.2, 0.25) is 0 Å². The van der Waals surface area contributed by atoms with Crippen molar-refractivity contribution in [2.45, 2.75) is 38.5 Å². The van der Waals surface area contributed by atoms with Crippen LogP contribution in [0, 0.1) is 0 Å². The molecular formula is C11H14ClN. The summed E-state index contributed by atoms with van der Waals surface area (Å²) < 4.78 is 0. The van der Waals surface area contributed by atoms with Gasteiger partial charge in [-0.1, -0.05) is 25.4 Å². The SMILES string of the molecule is CC(C)c1c(Cl)cncc1C1CC1. The first-order chi connectivity index (χ1) is 6.20. The van der Waals surface area contributed by atoms with Crippen LogP contribution in [0.3, 0.4) is 0 Å². The number of nitrogens with zero attached hydrogens (tertiary/aromatic N) is 1.